The summed E-state index contributed by atoms with van der Waals surface area (Å²) in [6.07, 6.45) is 4.08. The first kappa shape index (κ1) is 12.8. The minimum Gasteiger partial charge on any atom is -0.297 e. The number of carbonyl (C=O) groups is 1. The highest BCUT2D eigenvalue weighted by atomic mass is 79.9. The van der Waals surface area contributed by atoms with E-state index in [2.05, 4.69) is 20.9 Å². The second kappa shape index (κ2) is 5.07. The fraction of sp³-hybridized carbons (Fsp3) is 0.0769. The van der Waals surface area contributed by atoms with Crippen LogP contribution in [0.2, 0.25) is 5.02 Å². The van der Waals surface area contributed by atoms with E-state index in [9.17, 15) is 4.79 Å². The lowest BCUT2D eigenvalue weighted by Crippen LogP contribution is -2.04. The zero-order valence-electron chi connectivity index (χ0n) is 9.64. The van der Waals surface area contributed by atoms with E-state index in [0.717, 1.165) is 15.1 Å². The first-order valence-corrected chi connectivity index (χ1v) is 7.58. The van der Waals surface area contributed by atoms with Crippen LogP contribution in [0.1, 0.15) is 16.1 Å². The number of benzene rings is 1. The van der Waals surface area contributed by atoms with Crippen molar-refractivity contribution in [2.24, 2.45) is 0 Å². The molecule has 2 heterocycles. The van der Waals surface area contributed by atoms with Gasteiger partial charge in [-0.25, -0.2) is 4.98 Å². The van der Waals surface area contributed by atoms with Gasteiger partial charge in [-0.3, -0.25) is 9.20 Å². The molecule has 19 heavy (non-hydrogen) atoms. The quantitative estimate of drug-likeness (QED) is 0.659. The van der Waals surface area contributed by atoms with Crippen molar-refractivity contribution in [3.63, 3.8) is 0 Å². The van der Waals surface area contributed by atoms with Crippen LogP contribution in [-0.2, 0) is 6.42 Å². The van der Waals surface area contributed by atoms with Crippen molar-refractivity contribution in [1.29, 1.82) is 0 Å². The summed E-state index contributed by atoms with van der Waals surface area (Å²) >= 11 is 10.8. The fourth-order valence-electron chi connectivity index (χ4n) is 1.83. The Bertz CT molecular complexity index is 736. The second-order valence-electron chi connectivity index (χ2n) is 4.05. The number of fused-ring (bicyclic) bond motifs is 1. The Morgan fingerprint density at radius 3 is 3.11 bits per heavy atom. The van der Waals surface area contributed by atoms with Crippen LogP contribution in [0.4, 0.5) is 0 Å². The van der Waals surface area contributed by atoms with Gasteiger partial charge in [0.1, 0.15) is 0 Å². The minimum atomic E-state index is 0.000119. The van der Waals surface area contributed by atoms with E-state index in [0.29, 0.717) is 10.6 Å². The van der Waals surface area contributed by atoms with Crippen molar-refractivity contribution in [2.75, 3.05) is 0 Å². The Kier molecular flexibility index (Phi) is 3.43. The van der Waals surface area contributed by atoms with Gasteiger partial charge < -0.3 is 0 Å². The largest absolute Gasteiger partial charge is 0.297 e. The van der Waals surface area contributed by atoms with Crippen molar-refractivity contribution in [2.45, 2.75) is 6.42 Å². The summed E-state index contributed by atoms with van der Waals surface area (Å²) in [5, 5.41) is 2.51. The molecule has 0 unspecified atom stereocenters. The van der Waals surface area contributed by atoms with Crippen LogP contribution in [0, 0.1) is 0 Å². The lowest BCUT2D eigenvalue weighted by Gasteiger charge is -2.02. The van der Waals surface area contributed by atoms with E-state index in [4.69, 9.17) is 11.6 Å². The van der Waals surface area contributed by atoms with Crippen LogP contribution in [-0.4, -0.2) is 15.2 Å². The number of rotatable bonds is 3. The average molecular weight is 356 g/mol. The highest BCUT2D eigenvalue weighted by Crippen LogP contribution is 2.23. The number of hydrogen-bond donors (Lipinski definition) is 0. The zero-order chi connectivity index (χ0) is 13.4. The van der Waals surface area contributed by atoms with Gasteiger partial charge in [0.25, 0.3) is 0 Å². The van der Waals surface area contributed by atoms with E-state index in [1.54, 1.807) is 29.5 Å². The first-order chi connectivity index (χ1) is 9.13. The standard InChI is InChI=1S/C13H8BrClN2OS/c14-11-2-1-8(15)5-10(11)12(18)6-9-7-17-3-4-19-13(17)16-9/h1-5,7H,6H2. The van der Waals surface area contributed by atoms with Crippen molar-refractivity contribution >= 4 is 49.6 Å². The zero-order valence-corrected chi connectivity index (χ0v) is 12.8. The molecule has 3 aromatic rings. The first-order valence-electron chi connectivity index (χ1n) is 5.53. The smallest absolute Gasteiger partial charge is 0.193 e. The molecule has 0 amide bonds. The number of imidazole rings is 1. The van der Waals surface area contributed by atoms with Crippen LogP contribution >= 0.6 is 38.9 Å². The third-order valence-electron chi connectivity index (χ3n) is 2.71. The monoisotopic (exact) mass is 354 g/mol. The number of nitrogens with zero attached hydrogens (tertiary/aromatic N) is 2. The van der Waals surface area contributed by atoms with Crippen molar-refractivity contribution in [1.82, 2.24) is 9.38 Å². The molecule has 0 N–H and O–H groups in total. The Labute approximate surface area is 127 Å². The normalized spacial score (nSPS) is 11.1. The summed E-state index contributed by atoms with van der Waals surface area (Å²) in [4.78, 5) is 17.6. The second-order valence-corrected chi connectivity index (χ2v) is 6.21. The van der Waals surface area contributed by atoms with Gasteiger partial charge in [0.2, 0.25) is 0 Å². The summed E-state index contributed by atoms with van der Waals surface area (Å²) in [7, 11) is 0. The maximum Gasteiger partial charge on any atom is 0.193 e. The van der Waals surface area contributed by atoms with Gasteiger partial charge in [-0.2, -0.15) is 0 Å². The average Bonchev–Trinajstić information content (AvgIpc) is 2.92. The van der Waals surface area contributed by atoms with E-state index < -0.39 is 0 Å². The molecule has 0 bridgehead atoms. The van der Waals surface area contributed by atoms with Gasteiger partial charge in [-0.05, 0) is 18.2 Å². The Morgan fingerprint density at radius 1 is 1.47 bits per heavy atom. The van der Waals surface area contributed by atoms with E-state index in [1.807, 2.05) is 22.2 Å². The fourth-order valence-corrected chi connectivity index (χ4v) is 3.19. The molecule has 2 aromatic heterocycles. The molecule has 0 aliphatic heterocycles. The van der Waals surface area contributed by atoms with Gasteiger partial charge in [0.05, 0.1) is 12.1 Å². The van der Waals surface area contributed by atoms with Gasteiger partial charge in [-0.1, -0.05) is 27.5 Å². The Hall–Kier alpha value is -1.17. The van der Waals surface area contributed by atoms with E-state index >= 15 is 0 Å². The summed E-state index contributed by atoms with van der Waals surface area (Å²) in [6, 6.07) is 5.20. The molecule has 6 heteroatoms. The lowest BCUT2D eigenvalue weighted by atomic mass is 10.1. The summed E-state index contributed by atoms with van der Waals surface area (Å²) in [5.41, 5.74) is 1.35. The van der Waals surface area contributed by atoms with Gasteiger partial charge in [0, 0.05) is 32.8 Å². The van der Waals surface area contributed by atoms with Crippen LogP contribution in [0.15, 0.2) is 40.4 Å². The summed E-state index contributed by atoms with van der Waals surface area (Å²) in [5.74, 6) is 0.000119. The van der Waals surface area contributed by atoms with Crippen LogP contribution in [0.3, 0.4) is 0 Å². The number of carbonyl (C=O) groups excluding carboxylic acids is 1. The molecule has 3 rings (SSSR count). The number of halogens is 2. The molecule has 0 saturated carbocycles. The minimum absolute atomic E-state index is 0.000119. The van der Waals surface area contributed by atoms with Gasteiger partial charge in [-0.15, -0.1) is 11.3 Å². The van der Waals surface area contributed by atoms with E-state index in [1.165, 1.54) is 0 Å². The van der Waals surface area contributed by atoms with E-state index in [-0.39, 0.29) is 12.2 Å². The van der Waals surface area contributed by atoms with Gasteiger partial charge >= 0.3 is 0 Å². The molecule has 0 radical (unpaired) electrons. The number of aromatic nitrogens is 2. The molecular weight excluding hydrogens is 348 g/mol. The molecule has 0 saturated heterocycles. The molecule has 3 nitrogen and oxygen atoms in total. The number of hydrogen-bond acceptors (Lipinski definition) is 3. The highest BCUT2D eigenvalue weighted by molar-refractivity contribution is 9.10. The molecule has 1 aromatic carbocycles. The molecule has 0 aliphatic rings. The van der Waals surface area contributed by atoms with Crippen molar-refractivity contribution < 1.29 is 4.79 Å². The maximum atomic E-state index is 12.3. The van der Waals surface area contributed by atoms with Crippen LogP contribution in [0.25, 0.3) is 4.96 Å². The SMILES string of the molecule is O=C(Cc1cn2ccsc2n1)c1cc(Cl)ccc1Br. The summed E-state index contributed by atoms with van der Waals surface area (Å²) in [6.45, 7) is 0. The van der Waals surface area contributed by atoms with Crippen molar-refractivity contribution in [3.05, 3.63) is 56.7 Å². The molecule has 0 spiro atoms. The van der Waals surface area contributed by atoms with Crippen LogP contribution < -0.4 is 0 Å². The molecule has 0 fully saturated rings. The summed E-state index contributed by atoms with van der Waals surface area (Å²) < 4.78 is 2.67. The molecule has 0 atom stereocenters. The maximum absolute atomic E-state index is 12.3. The lowest BCUT2D eigenvalue weighted by molar-refractivity contribution is 0.0991. The number of thiazole rings is 1. The number of Topliss-reactive ketones (excluding diaryl/α,β-unsaturated/α-hetero) is 1. The van der Waals surface area contributed by atoms with Crippen molar-refractivity contribution in [3.8, 4) is 0 Å². The van der Waals surface area contributed by atoms with Crippen LogP contribution in [0.5, 0.6) is 0 Å². The predicted molar refractivity (Wildman–Crippen MR) is 80.3 cm³/mol. The Morgan fingerprint density at radius 2 is 2.32 bits per heavy atom. The molecule has 96 valence electrons. The third kappa shape index (κ3) is 2.59. The van der Waals surface area contributed by atoms with Gasteiger partial charge in [0.15, 0.2) is 10.7 Å². The predicted octanol–water partition coefficient (Wildman–Crippen LogP) is 4.24. The third-order valence-corrected chi connectivity index (χ3v) is 4.41. The molecular formula is C13H8BrClN2OS. The Balaban J connectivity index is 1.88. The highest BCUT2D eigenvalue weighted by Gasteiger charge is 2.13. The molecule has 0 aliphatic carbocycles. The topological polar surface area (TPSA) is 34.4 Å². The number of ketones is 1.